The zero-order chi connectivity index (χ0) is 19.7. The molecular weight excluding hydrogens is 344 g/mol. The molecular formula is C19H26N6O2. The number of hydrogen-bond donors (Lipinski definition) is 2. The smallest absolute Gasteiger partial charge is 0.353 e. The summed E-state index contributed by atoms with van der Waals surface area (Å²) in [6.07, 6.45) is 1.10. The van der Waals surface area contributed by atoms with Crippen LogP contribution < -0.4 is 16.0 Å². The number of aromatic nitrogens is 2. The quantitative estimate of drug-likeness (QED) is 0.622. The molecule has 0 aliphatic carbocycles. The number of anilines is 4. The summed E-state index contributed by atoms with van der Waals surface area (Å²) < 4.78 is 0. The lowest BCUT2D eigenvalue weighted by Crippen LogP contribution is -2.39. The van der Waals surface area contributed by atoms with E-state index in [1.165, 1.54) is 5.56 Å². The molecule has 1 fully saturated rings. The van der Waals surface area contributed by atoms with Crippen molar-refractivity contribution in [3.8, 4) is 0 Å². The number of nitrogen functional groups attached to an aromatic ring is 1. The fourth-order valence-corrected chi connectivity index (χ4v) is 3.70. The van der Waals surface area contributed by atoms with Crippen LogP contribution in [0.4, 0.5) is 29.0 Å². The molecule has 8 heteroatoms. The molecule has 3 rings (SSSR count). The van der Waals surface area contributed by atoms with Crippen molar-refractivity contribution < 1.29 is 4.92 Å². The van der Waals surface area contributed by atoms with Gasteiger partial charge in [0.05, 0.1) is 4.92 Å². The molecule has 2 heterocycles. The van der Waals surface area contributed by atoms with Crippen LogP contribution in [0.15, 0.2) is 18.2 Å². The summed E-state index contributed by atoms with van der Waals surface area (Å²) in [5.41, 5.74) is 8.86. The van der Waals surface area contributed by atoms with Crippen LogP contribution in [-0.4, -0.2) is 28.0 Å². The van der Waals surface area contributed by atoms with Gasteiger partial charge in [-0.05, 0) is 55.4 Å². The zero-order valence-electron chi connectivity index (χ0n) is 16.2. The highest BCUT2D eigenvalue weighted by Gasteiger charge is 2.31. The molecule has 0 bridgehead atoms. The Hall–Kier alpha value is -2.90. The molecule has 2 aromatic rings. The number of rotatable bonds is 4. The molecule has 1 aromatic heterocycles. The van der Waals surface area contributed by atoms with Crippen molar-refractivity contribution in [1.82, 2.24) is 9.97 Å². The van der Waals surface area contributed by atoms with Crippen molar-refractivity contribution >= 4 is 29.0 Å². The first-order valence-corrected chi connectivity index (χ1v) is 9.15. The Bertz CT molecular complexity index is 860. The van der Waals surface area contributed by atoms with Gasteiger partial charge in [0.2, 0.25) is 17.6 Å². The summed E-state index contributed by atoms with van der Waals surface area (Å²) in [5.74, 6) is 1.29. The molecule has 27 heavy (non-hydrogen) atoms. The van der Waals surface area contributed by atoms with Crippen molar-refractivity contribution in [2.75, 3.05) is 29.0 Å². The van der Waals surface area contributed by atoms with Gasteiger partial charge in [0.15, 0.2) is 0 Å². The Balaban J connectivity index is 2.00. The number of nitro groups is 1. The van der Waals surface area contributed by atoms with Crippen LogP contribution in [0.1, 0.15) is 31.4 Å². The van der Waals surface area contributed by atoms with Crippen molar-refractivity contribution in [3.05, 3.63) is 39.4 Å². The van der Waals surface area contributed by atoms with Gasteiger partial charge in [-0.1, -0.05) is 19.9 Å². The average molecular weight is 370 g/mol. The second-order valence-electron chi connectivity index (χ2n) is 7.64. The van der Waals surface area contributed by atoms with Gasteiger partial charge in [0, 0.05) is 18.8 Å². The van der Waals surface area contributed by atoms with Crippen LogP contribution >= 0.6 is 0 Å². The van der Waals surface area contributed by atoms with E-state index in [4.69, 9.17) is 5.73 Å². The molecule has 0 amide bonds. The molecule has 1 aliphatic heterocycles. The Morgan fingerprint density at radius 3 is 2.44 bits per heavy atom. The van der Waals surface area contributed by atoms with E-state index in [9.17, 15) is 10.1 Å². The van der Waals surface area contributed by atoms with Crippen molar-refractivity contribution in [2.45, 2.75) is 34.1 Å². The molecule has 0 saturated carbocycles. The predicted molar refractivity (Wildman–Crippen MR) is 107 cm³/mol. The number of nitrogens with two attached hydrogens (primary N) is 1. The highest BCUT2D eigenvalue weighted by atomic mass is 16.6. The number of benzene rings is 1. The van der Waals surface area contributed by atoms with Gasteiger partial charge in [-0.2, -0.15) is 9.97 Å². The number of nitrogens with one attached hydrogen (secondary N) is 1. The third-order valence-corrected chi connectivity index (χ3v) is 5.01. The monoisotopic (exact) mass is 370 g/mol. The molecule has 1 aliphatic rings. The van der Waals surface area contributed by atoms with Gasteiger partial charge in [-0.3, -0.25) is 10.1 Å². The molecule has 0 radical (unpaired) electrons. The Labute approximate surface area is 159 Å². The van der Waals surface area contributed by atoms with Crippen LogP contribution in [0.3, 0.4) is 0 Å². The Kier molecular flexibility index (Phi) is 5.16. The van der Waals surface area contributed by atoms with Gasteiger partial charge in [0.1, 0.15) is 0 Å². The molecule has 144 valence electrons. The Morgan fingerprint density at radius 2 is 1.85 bits per heavy atom. The second kappa shape index (κ2) is 7.38. The molecule has 2 atom stereocenters. The molecule has 0 spiro atoms. The van der Waals surface area contributed by atoms with E-state index < -0.39 is 4.92 Å². The van der Waals surface area contributed by atoms with E-state index >= 15 is 0 Å². The van der Waals surface area contributed by atoms with Crippen LogP contribution in [0.5, 0.6) is 0 Å². The van der Waals surface area contributed by atoms with E-state index in [1.807, 2.05) is 36.9 Å². The van der Waals surface area contributed by atoms with Gasteiger partial charge < -0.3 is 16.0 Å². The first-order chi connectivity index (χ1) is 12.7. The average Bonchev–Trinajstić information content (AvgIpc) is 2.56. The van der Waals surface area contributed by atoms with E-state index in [1.54, 1.807) is 0 Å². The topological polar surface area (TPSA) is 110 Å². The fraction of sp³-hybridized carbons (Fsp3) is 0.474. The van der Waals surface area contributed by atoms with E-state index in [0.717, 1.165) is 17.7 Å². The van der Waals surface area contributed by atoms with Crippen LogP contribution in [0, 0.1) is 35.8 Å². The minimum atomic E-state index is -0.492. The van der Waals surface area contributed by atoms with E-state index in [-0.39, 0.29) is 23.3 Å². The standard InChI is InChI=1S/C19H26N6O2/c1-11-7-12(2)10-24(9-11)18-16(25(26)27)17(20)22-19(23-18)21-15-6-5-13(3)14(4)8-15/h5-6,8,11-12H,7,9-10H2,1-4H3,(H3,20,21,22,23)/t11-,12+. The van der Waals surface area contributed by atoms with Crippen LogP contribution in [0.25, 0.3) is 0 Å². The third-order valence-electron chi connectivity index (χ3n) is 5.01. The lowest BCUT2D eigenvalue weighted by Gasteiger charge is -2.35. The maximum Gasteiger partial charge on any atom is 0.353 e. The SMILES string of the molecule is Cc1ccc(Nc2nc(N)c([N+](=O)[O-])c(N3C[C@H](C)C[C@H](C)C3)n2)cc1C. The first-order valence-electron chi connectivity index (χ1n) is 9.15. The summed E-state index contributed by atoms with van der Waals surface area (Å²) in [6.45, 7) is 9.78. The maximum atomic E-state index is 11.6. The second-order valence-corrected chi connectivity index (χ2v) is 7.64. The minimum absolute atomic E-state index is 0.123. The fourth-order valence-electron chi connectivity index (χ4n) is 3.70. The summed E-state index contributed by atoms with van der Waals surface area (Å²) in [5, 5.41) is 14.7. The predicted octanol–water partition coefficient (Wildman–Crippen LogP) is 3.81. The number of hydrogen-bond acceptors (Lipinski definition) is 7. The molecule has 8 nitrogen and oxygen atoms in total. The lowest BCUT2D eigenvalue weighted by molar-refractivity contribution is -0.383. The van der Waals surface area contributed by atoms with Crippen LogP contribution in [0.2, 0.25) is 0 Å². The summed E-state index contributed by atoms with van der Waals surface area (Å²) in [4.78, 5) is 21.7. The van der Waals surface area contributed by atoms with Gasteiger partial charge in [-0.15, -0.1) is 0 Å². The normalized spacial score (nSPS) is 19.8. The summed E-state index contributed by atoms with van der Waals surface area (Å²) >= 11 is 0. The van der Waals surface area contributed by atoms with E-state index in [0.29, 0.717) is 24.9 Å². The maximum absolute atomic E-state index is 11.6. The minimum Gasteiger partial charge on any atom is -0.378 e. The summed E-state index contributed by atoms with van der Waals surface area (Å²) in [7, 11) is 0. The van der Waals surface area contributed by atoms with Crippen molar-refractivity contribution in [3.63, 3.8) is 0 Å². The van der Waals surface area contributed by atoms with Crippen molar-refractivity contribution in [1.29, 1.82) is 0 Å². The molecule has 0 unspecified atom stereocenters. The van der Waals surface area contributed by atoms with Gasteiger partial charge in [0.25, 0.3) is 0 Å². The largest absolute Gasteiger partial charge is 0.378 e. The van der Waals surface area contributed by atoms with Crippen molar-refractivity contribution in [2.24, 2.45) is 11.8 Å². The number of aryl methyl sites for hydroxylation is 2. The summed E-state index contributed by atoms with van der Waals surface area (Å²) in [6, 6.07) is 5.91. The number of piperidine rings is 1. The molecule has 1 aromatic carbocycles. The zero-order valence-corrected chi connectivity index (χ0v) is 16.2. The lowest BCUT2D eigenvalue weighted by atomic mass is 9.92. The van der Waals surface area contributed by atoms with Crippen LogP contribution in [-0.2, 0) is 0 Å². The van der Waals surface area contributed by atoms with Gasteiger partial charge in [-0.25, -0.2) is 0 Å². The third kappa shape index (κ3) is 4.10. The first kappa shape index (κ1) is 18.9. The Morgan fingerprint density at radius 1 is 1.19 bits per heavy atom. The van der Waals surface area contributed by atoms with E-state index in [2.05, 4.69) is 29.1 Å². The number of nitrogens with zero attached hydrogens (tertiary/aromatic N) is 4. The molecule has 3 N–H and O–H groups in total. The highest BCUT2D eigenvalue weighted by Crippen LogP contribution is 2.36. The highest BCUT2D eigenvalue weighted by molar-refractivity contribution is 5.72. The molecule has 1 saturated heterocycles. The van der Waals surface area contributed by atoms with Gasteiger partial charge >= 0.3 is 5.69 Å².